The summed E-state index contributed by atoms with van der Waals surface area (Å²) in [5, 5.41) is 0. The molecule has 1 heterocycles. The summed E-state index contributed by atoms with van der Waals surface area (Å²) in [7, 11) is 0. The second kappa shape index (κ2) is 9.20. The number of hydrogen-bond donors (Lipinski definition) is 0. The predicted molar refractivity (Wildman–Crippen MR) is 77.0 cm³/mol. The summed E-state index contributed by atoms with van der Waals surface area (Å²) >= 11 is 0. The van der Waals surface area contributed by atoms with Crippen LogP contribution in [0.15, 0.2) is 36.5 Å². The fraction of sp³-hybridized carbons (Fsp3) is 0.312. The van der Waals surface area contributed by atoms with Crippen molar-refractivity contribution >= 4 is 0 Å². The van der Waals surface area contributed by atoms with Gasteiger partial charge in [-0.25, -0.2) is 8.78 Å². The van der Waals surface area contributed by atoms with Gasteiger partial charge in [-0.05, 0) is 30.7 Å². The van der Waals surface area contributed by atoms with Gasteiger partial charge >= 0.3 is 0 Å². The highest BCUT2D eigenvalue weighted by molar-refractivity contribution is 5.63. The zero-order chi connectivity index (χ0) is 14.8. The van der Waals surface area contributed by atoms with Crippen molar-refractivity contribution in [3.8, 4) is 11.3 Å². The van der Waals surface area contributed by atoms with Crippen LogP contribution in [0.2, 0.25) is 0 Å². The minimum absolute atomic E-state index is 0.358. The van der Waals surface area contributed by atoms with Gasteiger partial charge in [-0.1, -0.05) is 33.8 Å². The van der Waals surface area contributed by atoms with Crippen molar-refractivity contribution in [3.63, 3.8) is 0 Å². The molecule has 0 saturated heterocycles. The summed E-state index contributed by atoms with van der Waals surface area (Å²) < 4.78 is 26.4. The average Bonchev–Trinajstić information content (AvgIpc) is 2.43. The fourth-order valence-corrected chi connectivity index (χ4v) is 1.54. The van der Waals surface area contributed by atoms with Crippen LogP contribution in [0, 0.1) is 18.6 Å². The van der Waals surface area contributed by atoms with Gasteiger partial charge < -0.3 is 0 Å². The third-order valence-electron chi connectivity index (χ3n) is 2.17. The van der Waals surface area contributed by atoms with Gasteiger partial charge in [-0.2, -0.15) is 0 Å². The van der Waals surface area contributed by atoms with E-state index in [0.29, 0.717) is 16.8 Å². The van der Waals surface area contributed by atoms with Crippen molar-refractivity contribution in [2.24, 2.45) is 0 Å². The van der Waals surface area contributed by atoms with E-state index in [2.05, 4.69) is 4.98 Å². The Balaban J connectivity index is 0.000000741. The molecule has 1 aromatic heterocycles. The van der Waals surface area contributed by atoms with Gasteiger partial charge in [0.25, 0.3) is 0 Å². The summed E-state index contributed by atoms with van der Waals surface area (Å²) in [5.74, 6) is -1.14. The summed E-state index contributed by atoms with van der Waals surface area (Å²) in [5.41, 5.74) is 1.43. The van der Waals surface area contributed by atoms with Crippen LogP contribution in [0.5, 0.6) is 0 Å². The molecule has 0 amide bonds. The van der Waals surface area contributed by atoms with E-state index >= 15 is 0 Å². The molecular formula is C16H21F2N. The van der Waals surface area contributed by atoms with E-state index in [1.54, 1.807) is 31.3 Å². The molecule has 1 nitrogen and oxygen atoms in total. The molecule has 0 N–H and O–H groups in total. The third-order valence-corrected chi connectivity index (χ3v) is 2.17. The minimum Gasteiger partial charge on any atom is -0.256 e. The molecule has 19 heavy (non-hydrogen) atoms. The second-order valence-electron chi connectivity index (χ2n) is 3.29. The Morgan fingerprint density at radius 3 is 2.05 bits per heavy atom. The average molecular weight is 265 g/mol. The SMILES string of the molecule is CC.CC.Cc1cc(F)cc(F)c1-c1ccccn1. The van der Waals surface area contributed by atoms with Crippen LogP contribution < -0.4 is 0 Å². The quantitative estimate of drug-likeness (QED) is 0.674. The number of aryl methyl sites for hydroxylation is 1. The highest BCUT2D eigenvalue weighted by Gasteiger charge is 2.10. The van der Waals surface area contributed by atoms with Crippen LogP contribution in [0.25, 0.3) is 11.3 Å². The molecule has 2 rings (SSSR count). The number of aromatic nitrogens is 1. The molecule has 0 saturated carbocycles. The molecule has 0 aliphatic carbocycles. The van der Waals surface area contributed by atoms with Crippen LogP contribution >= 0.6 is 0 Å². The molecule has 0 radical (unpaired) electrons. The van der Waals surface area contributed by atoms with Gasteiger partial charge in [0.15, 0.2) is 0 Å². The van der Waals surface area contributed by atoms with Crippen molar-refractivity contribution in [2.75, 3.05) is 0 Å². The van der Waals surface area contributed by atoms with Crippen LogP contribution in [-0.2, 0) is 0 Å². The highest BCUT2D eigenvalue weighted by atomic mass is 19.1. The molecule has 0 bridgehead atoms. The van der Waals surface area contributed by atoms with Crippen molar-refractivity contribution in [1.29, 1.82) is 0 Å². The maximum absolute atomic E-state index is 13.5. The Labute approximate surface area is 114 Å². The predicted octanol–water partition coefficient (Wildman–Crippen LogP) is 5.39. The zero-order valence-corrected chi connectivity index (χ0v) is 12.2. The number of nitrogens with zero attached hydrogens (tertiary/aromatic N) is 1. The van der Waals surface area contributed by atoms with E-state index in [4.69, 9.17) is 0 Å². The normalized spacial score (nSPS) is 8.79. The Bertz CT molecular complexity index is 458. The van der Waals surface area contributed by atoms with Crippen LogP contribution in [-0.4, -0.2) is 4.98 Å². The summed E-state index contributed by atoms with van der Waals surface area (Å²) in [6, 6.07) is 7.39. The Kier molecular flexibility index (Phi) is 8.34. The Morgan fingerprint density at radius 1 is 0.947 bits per heavy atom. The molecule has 1 aromatic carbocycles. The summed E-state index contributed by atoms with van der Waals surface area (Å²) in [6.45, 7) is 9.66. The maximum Gasteiger partial charge on any atom is 0.135 e. The Hall–Kier alpha value is -1.77. The lowest BCUT2D eigenvalue weighted by molar-refractivity contribution is 0.583. The van der Waals surface area contributed by atoms with Crippen LogP contribution in [0.1, 0.15) is 33.3 Å². The van der Waals surface area contributed by atoms with E-state index < -0.39 is 11.6 Å². The first-order valence-corrected chi connectivity index (χ1v) is 6.55. The van der Waals surface area contributed by atoms with E-state index in [-0.39, 0.29) is 0 Å². The standard InChI is InChI=1S/C12H9F2N.2C2H6/c1-8-6-9(13)7-10(14)12(8)11-4-2-3-5-15-11;2*1-2/h2-7H,1H3;2*1-2H3. The third kappa shape index (κ3) is 4.78. The van der Waals surface area contributed by atoms with Gasteiger partial charge in [0, 0.05) is 17.8 Å². The van der Waals surface area contributed by atoms with Gasteiger partial charge in [0.2, 0.25) is 0 Å². The molecule has 0 fully saturated rings. The monoisotopic (exact) mass is 265 g/mol. The first-order chi connectivity index (χ1) is 9.18. The number of halogens is 2. The molecule has 0 unspecified atom stereocenters. The van der Waals surface area contributed by atoms with Crippen LogP contribution in [0.3, 0.4) is 0 Å². The number of pyridine rings is 1. The lowest BCUT2D eigenvalue weighted by atomic mass is 10.0. The van der Waals surface area contributed by atoms with Crippen molar-refractivity contribution < 1.29 is 8.78 Å². The number of rotatable bonds is 1. The first kappa shape index (κ1) is 17.2. The van der Waals surface area contributed by atoms with E-state index in [1.165, 1.54) is 6.07 Å². The van der Waals surface area contributed by atoms with Crippen LogP contribution in [0.4, 0.5) is 8.78 Å². The van der Waals surface area contributed by atoms with Crippen molar-refractivity contribution in [3.05, 3.63) is 53.7 Å². The lowest BCUT2D eigenvalue weighted by Gasteiger charge is -2.06. The Morgan fingerprint density at radius 2 is 1.58 bits per heavy atom. The van der Waals surface area contributed by atoms with Gasteiger partial charge in [0.05, 0.1) is 5.69 Å². The topological polar surface area (TPSA) is 12.9 Å². The molecule has 3 heteroatoms. The van der Waals surface area contributed by atoms with E-state index in [9.17, 15) is 8.78 Å². The fourth-order valence-electron chi connectivity index (χ4n) is 1.54. The first-order valence-electron chi connectivity index (χ1n) is 6.55. The number of benzene rings is 1. The summed E-state index contributed by atoms with van der Waals surface area (Å²) in [4.78, 5) is 4.04. The molecule has 0 aliphatic rings. The second-order valence-corrected chi connectivity index (χ2v) is 3.29. The molecule has 104 valence electrons. The van der Waals surface area contributed by atoms with Gasteiger partial charge in [-0.3, -0.25) is 4.98 Å². The highest BCUT2D eigenvalue weighted by Crippen LogP contribution is 2.25. The lowest BCUT2D eigenvalue weighted by Crippen LogP contribution is -1.92. The molecule has 0 atom stereocenters. The van der Waals surface area contributed by atoms with Gasteiger partial charge in [-0.15, -0.1) is 0 Å². The molecule has 0 spiro atoms. The van der Waals surface area contributed by atoms with Gasteiger partial charge in [0.1, 0.15) is 11.6 Å². The molecule has 0 aliphatic heterocycles. The largest absolute Gasteiger partial charge is 0.256 e. The smallest absolute Gasteiger partial charge is 0.135 e. The van der Waals surface area contributed by atoms with Crippen molar-refractivity contribution in [2.45, 2.75) is 34.6 Å². The van der Waals surface area contributed by atoms with Crippen molar-refractivity contribution in [1.82, 2.24) is 4.98 Å². The maximum atomic E-state index is 13.5. The zero-order valence-electron chi connectivity index (χ0n) is 12.2. The van der Waals surface area contributed by atoms with E-state index in [0.717, 1.165) is 6.07 Å². The molecular weight excluding hydrogens is 244 g/mol. The number of hydrogen-bond acceptors (Lipinski definition) is 1. The molecule has 2 aromatic rings. The minimum atomic E-state index is -0.578. The van der Waals surface area contributed by atoms with E-state index in [1.807, 2.05) is 27.7 Å². The summed E-state index contributed by atoms with van der Waals surface area (Å²) in [6.07, 6.45) is 1.58.